The van der Waals surface area contributed by atoms with Gasteiger partial charge in [0.05, 0.1) is 0 Å². The van der Waals surface area contributed by atoms with Crippen LogP contribution in [0.4, 0.5) is 5.69 Å². The molecule has 7 heteroatoms. The Balaban J connectivity index is 1.26. The number of nitrogens with one attached hydrogen (secondary N) is 3. The van der Waals surface area contributed by atoms with Gasteiger partial charge in [-0.25, -0.2) is 0 Å². The lowest BCUT2D eigenvalue weighted by Gasteiger charge is -2.12. The van der Waals surface area contributed by atoms with Crippen molar-refractivity contribution in [3.05, 3.63) is 95.6 Å². The fourth-order valence-corrected chi connectivity index (χ4v) is 3.43. The van der Waals surface area contributed by atoms with Gasteiger partial charge in [-0.3, -0.25) is 14.4 Å². The van der Waals surface area contributed by atoms with Crippen molar-refractivity contribution in [3.63, 3.8) is 0 Å². The number of fused-ring (bicyclic) bond motifs is 1. The van der Waals surface area contributed by atoms with Crippen LogP contribution in [0.1, 0.15) is 26.3 Å². The summed E-state index contributed by atoms with van der Waals surface area (Å²) in [6.07, 6.45) is -0.0882. The number of para-hydroxylation sites is 1. The van der Waals surface area contributed by atoms with E-state index >= 15 is 0 Å². The highest BCUT2D eigenvalue weighted by atomic mass is 16.5. The Morgan fingerprint density at radius 2 is 1.44 bits per heavy atom. The molecule has 1 aliphatic rings. The molecule has 4 rings (SSSR count). The van der Waals surface area contributed by atoms with E-state index in [4.69, 9.17) is 4.74 Å². The molecule has 3 amide bonds. The Hall–Kier alpha value is -4.13. The summed E-state index contributed by atoms with van der Waals surface area (Å²) in [6, 6.07) is 23.1. The summed E-state index contributed by atoms with van der Waals surface area (Å²) in [5.74, 6) is -0.0251. The van der Waals surface area contributed by atoms with Gasteiger partial charge in [0.1, 0.15) is 5.75 Å². The van der Waals surface area contributed by atoms with Crippen molar-refractivity contribution in [2.45, 2.75) is 12.5 Å². The third-order valence-corrected chi connectivity index (χ3v) is 5.06. The number of hydrogen-bond donors (Lipinski definition) is 3. The number of hydrogen-bond acceptors (Lipinski definition) is 4. The van der Waals surface area contributed by atoms with E-state index in [1.807, 2.05) is 30.3 Å². The average Bonchev–Trinajstić information content (AvgIpc) is 3.27. The number of carbonyl (C=O) groups is 3. The van der Waals surface area contributed by atoms with E-state index < -0.39 is 6.10 Å². The summed E-state index contributed by atoms with van der Waals surface area (Å²) in [6.45, 7) is 0.581. The maximum Gasteiger partial charge on any atom is 0.265 e. The molecule has 1 heterocycles. The molecule has 0 saturated carbocycles. The van der Waals surface area contributed by atoms with Crippen molar-refractivity contribution in [3.8, 4) is 5.75 Å². The van der Waals surface area contributed by atoms with Crippen molar-refractivity contribution in [1.29, 1.82) is 0 Å². The van der Waals surface area contributed by atoms with Crippen LogP contribution in [0.5, 0.6) is 5.75 Å². The van der Waals surface area contributed by atoms with Gasteiger partial charge < -0.3 is 20.7 Å². The predicted octanol–water partition coefficient (Wildman–Crippen LogP) is 2.79. The van der Waals surface area contributed by atoms with Crippen LogP contribution in [-0.2, 0) is 11.2 Å². The van der Waals surface area contributed by atoms with Crippen molar-refractivity contribution in [2.24, 2.45) is 0 Å². The van der Waals surface area contributed by atoms with Crippen LogP contribution in [0.2, 0.25) is 0 Å². The first-order valence-corrected chi connectivity index (χ1v) is 10.4. The largest absolute Gasteiger partial charge is 0.480 e. The molecule has 3 N–H and O–H groups in total. The standard InChI is InChI=1S/C25H23N3O4/c29-23(17-7-2-1-3-8-17)26-13-14-27-24(30)19-10-6-11-20(15-19)28-25(31)22-16-18-9-4-5-12-21(18)32-22/h1-12,15,22H,13-14,16H2,(H,26,29)(H,27,30)(H,28,31). The Morgan fingerprint density at radius 3 is 2.19 bits per heavy atom. The van der Waals surface area contributed by atoms with Gasteiger partial charge in [0, 0.05) is 36.3 Å². The highest BCUT2D eigenvalue weighted by Crippen LogP contribution is 2.28. The third-order valence-electron chi connectivity index (χ3n) is 5.06. The average molecular weight is 429 g/mol. The molecule has 3 aromatic rings. The zero-order chi connectivity index (χ0) is 22.3. The van der Waals surface area contributed by atoms with Crippen molar-refractivity contribution < 1.29 is 19.1 Å². The smallest absolute Gasteiger partial charge is 0.265 e. The normalized spacial score (nSPS) is 14.1. The van der Waals surface area contributed by atoms with Crippen molar-refractivity contribution >= 4 is 23.4 Å². The minimum Gasteiger partial charge on any atom is -0.480 e. The second-order valence-electron chi connectivity index (χ2n) is 7.37. The summed E-state index contributed by atoms with van der Waals surface area (Å²) in [5.41, 5.74) is 2.49. The molecule has 0 aromatic heterocycles. The summed E-state index contributed by atoms with van der Waals surface area (Å²) in [5, 5.41) is 8.33. The maximum absolute atomic E-state index is 12.6. The number of benzene rings is 3. The van der Waals surface area contributed by atoms with Gasteiger partial charge in [0.15, 0.2) is 6.10 Å². The highest BCUT2D eigenvalue weighted by Gasteiger charge is 2.28. The third kappa shape index (κ3) is 5.13. The molecule has 162 valence electrons. The summed E-state index contributed by atoms with van der Waals surface area (Å²) in [7, 11) is 0. The van der Waals surface area contributed by atoms with Crippen molar-refractivity contribution in [2.75, 3.05) is 18.4 Å². The van der Waals surface area contributed by atoms with Crippen LogP contribution in [0.15, 0.2) is 78.9 Å². The second kappa shape index (κ2) is 9.78. The van der Waals surface area contributed by atoms with E-state index in [1.54, 1.807) is 48.5 Å². The molecular weight excluding hydrogens is 406 g/mol. The van der Waals surface area contributed by atoms with Gasteiger partial charge in [0.2, 0.25) is 0 Å². The molecule has 0 fully saturated rings. The topological polar surface area (TPSA) is 96.5 Å². The van der Waals surface area contributed by atoms with E-state index in [1.165, 1.54) is 0 Å². The Labute approximate surface area is 185 Å². The zero-order valence-electron chi connectivity index (χ0n) is 17.3. The second-order valence-corrected chi connectivity index (χ2v) is 7.37. The number of carbonyl (C=O) groups excluding carboxylic acids is 3. The SMILES string of the molecule is O=C(NCCNC(=O)c1cccc(NC(=O)C2Cc3ccccc3O2)c1)c1ccccc1. The molecule has 32 heavy (non-hydrogen) atoms. The van der Waals surface area contributed by atoms with Gasteiger partial charge >= 0.3 is 0 Å². The Kier molecular flexibility index (Phi) is 6.46. The molecule has 0 bridgehead atoms. The van der Waals surface area contributed by atoms with Crippen LogP contribution >= 0.6 is 0 Å². The molecule has 0 saturated heterocycles. The molecular formula is C25H23N3O4. The summed E-state index contributed by atoms with van der Waals surface area (Å²) in [4.78, 5) is 37.0. The number of ether oxygens (including phenoxy) is 1. The van der Waals surface area contributed by atoms with Gasteiger partial charge in [-0.05, 0) is 42.0 Å². The first-order valence-electron chi connectivity index (χ1n) is 10.4. The van der Waals surface area contributed by atoms with Crippen LogP contribution in [-0.4, -0.2) is 36.9 Å². The lowest BCUT2D eigenvalue weighted by atomic mass is 10.1. The van der Waals surface area contributed by atoms with E-state index in [9.17, 15) is 14.4 Å². The molecule has 7 nitrogen and oxygen atoms in total. The van der Waals surface area contributed by atoms with Crippen molar-refractivity contribution in [1.82, 2.24) is 10.6 Å². The van der Waals surface area contributed by atoms with E-state index in [0.29, 0.717) is 29.8 Å². The number of rotatable bonds is 7. The molecule has 0 spiro atoms. The van der Waals surface area contributed by atoms with Gasteiger partial charge in [-0.15, -0.1) is 0 Å². The summed E-state index contributed by atoms with van der Waals surface area (Å²) >= 11 is 0. The molecule has 3 aromatic carbocycles. The molecule has 0 radical (unpaired) electrons. The van der Waals surface area contributed by atoms with Crippen LogP contribution in [0.25, 0.3) is 0 Å². The monoisotopic (exact) mass is 429 g/mol. The first-order chi connectivity index (χ1) is 15.6. The minimum atomic E-state index is -0.599. The minimum absolute atomic E-state index is 0.194. The van der Waals surface area contributed by atoms with E-state index in [2.05, 4.69) is 16.0 Å². The van der Waals surface area contributed by atoms with E-state index in [-0.39, 0.29) is 24.3 Å². The predicted molar refractivity (Wildman–Crippen MR) is 121 cm³/mol. The van der Waals surface area contributed by atoms with Gasteiger partial charge in [-0.2, -0.15) is 0 Å². The Morgan fingerprint density at radius 1 is 0.781 bits per heavy atom. The molecule has 0 aliphatic carbocycles. The fourth-order valence-electron chi connectivity index (χ4n) is 3.43. The lowest BCUT2D eigenvalue weighted by molar-refractivity contribution is -0.122. The Bertz CT molecular complexity index is 1110. The van der Waals surface area contributed by atoms with Crippen LogP contribution < -0.4 is 20.7 Å². The van der Waals surface area contributed by atoms with Gasteiger partial charge in [-0.1, -0.05) is 42.5 Å². The fraction of sp³-hybridized carbons (Fsp3) is 0.160. The highest BCUT2D eigenvalue weighted by molar-refractivity contribution is 5.98. The quantitative estimate of drug-likeness (QED) is 0.503. The zero-order valence-corrected chi connectivity index (χ0v) is 17.3. The molecule has 1 aliphatic heterocycles. The van der Waals surface area contributed by atoms with Crippen LogP contribution in [0.3, 0.4) is 0 Å². The number of anilines is 1. The molecule has 1 atom stereocenters. The number of amides is 3. The van der Waals surface area contributed by atoms with Crippen LogP contribution in [0, 0.1) is 0 Å². The van der Waals surface area contributed by atoms with Gasteiger partial charge in [0.25, 0.3) is 17.7 Å². The maximum atomic E-state index is 12.6. The summed E-state index contributed by atoms with van der Waals surface area (Å²) < 4.78 is 5.71. The first kappa shape index (κ1) is 21.1. The lowest BCUT2D eigenvalue weighted by Crippen LogP contribution is -2.34. The molecule has 1 unspecified atom stereocenters. The van der Waals surface area contributed by atoms with E-state index in [0.717, 1.165) is 11.3 Å².